The zero-order valence-electron chi connectivity index (χ0n) is 11.2. The van der Waals surface area contributed by atoms with Crippen LogP contribution in [0.1, 0.15) is 5.56 Å². The Labute approximate surface area is 138 Å². The second-order valence-corrected chi connectivity index (χ2v) is 8.38. The summed E-state index contributed by atoms with van der Waals surface area (Å²) in [5.74, 6) is -1.83. The number of carbonyl (C=O) groups is 1. The molecule has 1 aromatic heterocycles. The minimum Gasteiger partial charge on any atom is -0.325 e. The average Bonchev–Trinajstić information content (AvgIpc) is 2.85. The molecule has 23 heavy (non-hydrogen) atoms. The van der Waals surface area contributed by atoms with Gasteiger partial charge in [-0.1, -0.05) is 17.7 Å². The van der Waals surface area contributed by atoms with E-state index in [-0.39, 0.29) is 14.2 Å². The molecule has 1 heterocycles. The van der Waals surface area contributed by atoms with Gasteiger partial charge in [0.2, 0.25) is 5.91 Å². The number of anilines is 1. The van der Waals surface area contributed by atoms with Crippen LogP contribution in [0.4, 0.5) is 18.9 Å². The Morgan fingerprint density at radius 3 is 2.48 bits per heavy atom. The summed E-state index contributed by atoms with van der Waals surface area (Å²) >= 11 is 6.44. The van der Waals surface area contributed by atoms with E-state index in [0.717, 1.165) is 29.5 Å². The zero-order chi connectivity index (χ0) is 17.3. The Balaban J connectivity index is 2.11. The second-order valence-electron chi connectivity index (χ2n) is 4.44. The molecule has 0 aliphatic carbocycles. The van der Waals surface area contributed by atoms with Crippen molar-refractivity contribution >= 4 is 44.4 Å². The highest BCUT2D eigenvalue weighted by atomic mass is 35.5. The van der Waals surface area contributed by atoms with E-state index in [9.17, 15) is 26.4 Å². The smallest absolute Gasteiger partial charge is 0.325 e. The lowest BCUT2D eigenvalue weighted by Crippen LogP contribution is -2.22. The molecule has 2 aromatic rings. The molecule has 4 nitrogen and oxygen atoms in total. The van der Waals surface area contributed by atoms with Gasteiger partial charge in [-0.05, 0) is 30.3 Å². The molecule has 1 N–H and O–H groups in total. The van der Waals surface area contributed by atoms with Gasteiger partial charge in [-0.15, -0.1) is 11.3 Å². The normalized spacial score (nSPS) is 12.2. The highest BCUT2D eigenvalue weighted by Gasteiger charge is 2.30. The maximum atomic E-state index is 12.6. The van der Waals surface area contributed by atoms with Crippen LogP contribution < -0.4 is 5.32 Å². The van der Waals surface area contributed by atoms with Crippen molar-refractivity contribution in [3.63, 3.8) is 0 Å². The number of nitrogens with one attached hydrogen (secondary N) is 1. The van der Waals surface area contributed by atoms with E-state index in [1.165, 1.54) is 18.2 Å². The van der Waals surface area contributed by atoms with Gasteiger partial charge in [0.15, 0.2) is 9.84 Å². The van der Waals surface area contributed by atoms with E-state index in [1.54, 1.807) is 0 Å². The first-order valence-electron chi connectivity index (χ1n) is 6.03. The van der Waals surface area contributed by atoms with E-state index >= 15 is 0 Å². The number of thiophene rings is 1. The van der Waals surface area contributed by atoms with Gasteiger partial charge in [-0.25, -0.2) is 8.42 Å². The number of sulfone groups is 1. The molecule has 1 aromatic carbocycles. The predicted molar refractivity (Wildman–Crippen MR) is 81.5 cm³/mol. The second kappa shape index (κ2) is 6.50. The third-order valence-electron chi connectivity index (χ3n) is 2.65. The molecule has 0 unspecified atom stereocenters. The molecule has 124 valence electrons. The fourth-order valence-electron chi connectivity index (χ4n) is 1.68. The molecule has 0 bridgehead atoms. The van der Waals surface area contributed by atoms with E-state index in [0.29, 0.717) is 0 Å². The fourth-order valence-corrected chi connectivity index (χ4v) is 4.38. The Kier molecular flexibility index (Phi) is 5.02. The third kappa shape index (κ3) is 4.69. The van der Waals surface area contributed by atoms with Gasteiger partial charge in [-0.2, -0.15) is 13.2 Å². The summed E-state index contributed by atoms with van der Waals surface area (Å²) in [4.78, 5) is 11.8. The van der Waals surface area contributed by atoms with Crippen molar-refractivity contribution in [1.82, 2.24) is 0 Å². The number of amides is 1. The summed E-state index contributed by atoms with van der Waals surface area (Å²) in [6.07, 6.45) is -4.56. The van der Waals surface area contributed by atoms with E-state index in [2.05, 4.69) is 5.32 Å². The molecule has 0 atom stereocenters. The van der Waals surface area contributed by atoms with Crippen LogP contribution in [0.5, 0.6) is 0 Å². The minimum atomic E-state index is -4.56. The van der Waals surface area contributed by atoms with Gasteiger partial charge in [0.05, 0.1) is 9.90 Å². The Hall–Kier alpha value is -1.58. The molecule has 1 amide bonds. The fraction of sp³-hybridized carbons (Fsp3) is 0.154. The van der Waals surface area contributed by atoms with Gasteiger partial charge in [0, 0.05) is 5.69 Å². The predicted octanol–water partition coefficient (Wildman–Crippen LogP) is 3.83. The molecule has 2 rings (SSSR count). The van der Waals surface area contributed by atoms with Crippen LogP contribution in [-0.4, -0.2) is 20.1 Å². The van der Waals surface area contributed by atoms with Crippen LogP contribution in [-0.2, 0) is 20.8 Å². The highest BCUT2D eigenvalue weighted by molar-refractivity contribution is 7.94. The molecular weight excluding hydrogens is 375 g/mol. The first kappa shape index (κ1) is 17.8. The summed E-state index contributed by atoms with van der Waals surface area (Å²) in [5, 5.41) is 2.14. The van der Waals surface area contributed by atoms with Crippen LogP contribution in [0.15, 0.2) is 40.6 Å². The van der Waals surface area contributed by atoms with Crippen molar-refractivity contribution in [3.8, 4) is 0 Å². The van der Waals surface area contributed by atoms with Crippen molar-refractivity contribution in [1.29, 1.82) is 0 Å². The number of carbonyl (C=O) groups excluding carboxylic acids is 1. The Morgan fingerprint density at radius 1 is 1.22 bits per heavy atom. The number of hydrogen-bond acceptors (Lipinski definition) is 4. The Morgan fingerprint density at radius 2 is 1.91 bits per heavy atom. The van der Waals surface area contributed by atoms with Crippen molar-refractivity contribution in [2.75, 3.05) is 11.1 Å². The third-order valence-corrected chi connectivity index (χ3v) is 6.08. The molecule has 10 heteroatoms. The number of rotatable bonds is 4. The standard InChI is InChI=1S/C13H9ClF3NO3S2/c14-10-4-5-12(22-10)23(20,21)7-11(19)18-9-3-1-2-8(6-9)13(15,16)17/h1-6H,7H2,(H,18,19). The molecule has 0 fully saturated rings. The molecule has 0 aliphatic heterocycles. The average molecular weight is 384 g/mol. The van der Waals surface area contributed by atoms with Crippen LogP contribution in [0.25, 0.3) is 0 Å². The molecule has 0 aliphatic rings. The quantitative estimate of drug-likeness (QED) is 0.872. The summed E-state index contributed by atoms with van der Waals surface area (Å²) in [6, 6.07) is 6.57. The van der Waals surface area contributed by atoms with Gasteiger partial charge in [0.1, 0.15) is 9.96 Å². The number of benzene rings is 1. The van der Waals surface area contributed by atoms with E-state index in [4.69, 9.17) is 11.6 Å². The van der Waals surface area contributed by atoms with Crippen molar-refractivity contribution < 1.29 is 26.4 Å². The lowest BCUT2D eigenvalue weighted by atomic mass is 10.2. The molecule has 0 radical (unpaired) electrons. The maximum Gasteiger partial charge on any atom is 0.416 e. The van der Waals surface area contributed by atoms with Crippen LogP contribution >= 0.6 is 22.9 Å². The van der Waals surface area contributed by atoms with Crippen molar-refractivity contribution in [3.05, 3.63) is 46.3 Å². The van der Waals surface area contributed by atoms with E-state index in [1.807, 2.05) is 0 Å². The van der Waals surface area contributed by atoms with E-state index < -0.39 is 33.2 Å². The highest BCUT2D eigenvalue weighted by Crippen LogP contribution is 2.31. The van der Waals surface area contributed by atoms with Crippen LogP contribution in [0.3, 0.4) is 0 Å². The summed E-state index contributed by atoms with van der Waals surface area (Å²) in [7, 11) is -3.90. The first-order chi connectivity index (χ1) is 10.6. The molecule has 0 spiro atoms. The van der Waals surface area contributed by atoms with Gasteiger partial charge >= 0.3 is 6.18 Å². The van der Waals surface area contributed by atoms with Crippen molar-refractivity contribution in [2.45, 2.75) is 10.4 Å². The summed E-state index contributed by atoms with van der Waals surface area (Å²) in [5.41, 5.74) is -1.08. The molecular formula is C13H9ClF3NO3S2. The first-order valence-corrected chi connectivity index (χ1v) is 8.88. The van der Waals surface area contributed by atoms with Crippen molar-refractivity contribution in [2.24, 2.45) is 0 Å². The lowest BCUT2D eigenvalue weighted by Gasteiger charge is -2.09. The summed E-state index contributed by atoms with van der Waals surface area (Å²) < 4.78 is 61.9. The van der Waals surface area contributed by atoms with Crippen LogP contribution in [0, 0.1) is 0 Å². The summed E-state index contributed by atoms with van der Waals surface area (Å²) in [6.45, 7) is 0. The zero-order valence-corrected chi connectivity index (χ0v) is 13.6. The minimum absolute atomic E-state index is 0.0818. The molecule has 0 saturated carbocycles. The number of alkyl halides is 3. The number of halogens is 4. The topological polar surface area (TPSA) is 63.2 Å². The van der Waals surface area contributed by atoms with Gasteiger partial charge < -0.3 is 5.32 Å². The maximum absolute atomic E-state index is 12.6. The van der Waals surface area contributed by atoms with Crippen LogP contribution in [0.2, 0.25) is 4.34 Å². The molecule has 0 saturated heterocycles. The van der Waals surface area contributed by atoms with Gasteiger partial charge in [0.25, 0.3) is 0 Å². The SMILES string of the molecule is O=C(CS(=O)(=O)c1ccc(Cl)s1)Nc1cccc(C(F)(F)F)c1. The Bertz CT molecular complexity index is 831. The number of hydrogen-bond donors (Lipinski definition) is 1. The lowest BCUT2D eigenvalue weighted by molar-refractivity contribution is -0.137. The van der Waals surface area contributed by atoms with Gasteiger partial charge in [-0.3, -0.25) is 4.79 Å². The monoisotopic (exact) mass is 383 g/mol. The largest absolute Gasteiger partial charge is 0.416 e.